The molecule has 17 heavy (non-hydrogen) atoms. The van der Waals surface area contributed by atoms with Crippen LogP contribution in [0.2, 0.25) is 0 Å². The van der Waals surface area contributed by atoms with Crippen molar-refractivity contribution in [3.8, 4) is 0 Å². The van der Waals surface area contributed by atoms with Gasteiger partial charge in [0.15, 0.2) is 0 Å². The minimum absolute atomic E-state index is 0.0558. The molecule has 0 saturated heterocycles. The van der Waals surface area contributed by atoms with Gasteiger partial charge in [-0.05, 0) is 17.7 Å². The van der Waals surface area contributed by atoms with Crippen molar-refractivity contribution in [1.29, 1.82) is 0 Å². The number of hydrogen-bond donors (Lipinski definition) is 3. The number of nitrogen functional groups attached to an aromatic ring is 1. The van der Waals surface area contributed by atoms with E-state index in [-0.39, 0.29) is 23.4 Å². The average molecular weight is 245 g/mol. The first-order chi connectivity index (χ1) is 7.81. The third-order valence-electron chi connectivity index (χ3n) is 2.44. The van der Waals surface area contributed by atoms with Crippen LogP contribution in [-0.4, -0.2) is 7.05 Å². The molecule has 5 N–H and O–H groups in total. The van der Waals surface area contributed by atoms with Gasteiger partial charge in [-0.1, -0.05) is 6.58 Å². The molecule has 0 amide bonds. The van der Waals surface area contributed by atoms with Crippen molar-refractivity contribution in [1.82, 2.24) is 5.32 Å². The third-order valence-corrected chi connectivity index (χ3v) is 2.44. The van der Waals surface area contributed by atoms with Gasteiger partial charge in [-0.25, -0.2) is 0 Å². The second-order valence-corrected chi connectivity index (χ2v) is 3.53. The standard InChI is InChI=1S/C11H14F3N3/c1-6(17-2)9-4-8(11(12,13)14)3-7(5-15)10(9)16/h3-4,17H,1,5,15-16H2,2H3. The molecule has 94 valence electrons. The Morgan fingerprint density at radius 3 is 2.41 bits per heavy atom. The Balaban J connectivity index is 3.44. The van der Waals surface area contributed by atoms with E-state index in [1.807, 2.05) is 0 Å². The van der Waals surface area contributed by atoms with Gasteiger partial charge in [0.25, 0.3) is 0 Å². The van der Waals surface area contributed by atoms with Crippen LogP contribution in [0.25, 0.3) is 5.70 Å². The first-order valence-electron chi connectivity index (χ1n) is 4.88. The predicted octanol–water partition coefficient (Wildman–Crippen LogP) is 1.94. The van der Waals surface area contributed by atoms with Crippen molar-refractivity contribution in [3.63, 3.8) is 0 Å². The Morgan fingerprint density at radius 1 is 1.41 bits per heavy atom. The van der Waals surface area contributed by atoms with Gasteiger partial charge in [-0.15, -0.1) is 0 Å². The lowest BCUT2D eigenvalue weighted by Crippen LogP contribution is -2.14. The van der Waals surface area contributed by atoms with Gasteiger partial charge in [0.05, 0.1) is 5.56 Å². The van der Waals surface area contributed by atoms with Crippen molar-refractivity contribution in [2.45, 2.75) is 12.7 Å². The summed E-state index contributed by atoms with van der Waals surface area (Å²) < 4.78 is 38.0. The second-order valence-electron chi connectivity index (χ2n) is 3.53. The molecule has 6 heteroatoms. The predicted molar refractivity (Wildman–Crippen MR) is 61.8 cm³/mol. The van der Waals surface area contributed by atoms with Crippen LogP contribution in [-0.2, 0) is 12.7 Å². The van der Waals surface area contributed by atoms with Crippen LogP contribution in [0, 0.1) is 0 Å². The zero-order valence-corrected chi connectivity index (χ0v) is 9.36. The molecule has 0 unspecified atom stereocenters. The van der Waals surface area contributed by atoms with Crippen LogP contribution in [0.4, 0.5) is 18.9 Å². The van der Waals surface area contributed by atoms with Crippen molar-refractivity contribution < 1.29 is 13.2 Å². The summed E-state index contributed by atoms with van der Waals surface area (Å²) in [5.41, 5.74) is 11.4. The number of nitrogens with one attached hydrogen (secondary N) is 1. The van der Waals surface area contributed by atoms with E-state index in [9.17, 15) is 13.2 Å². The summed E-state index contributed by atoms with van der Waals surface area (Å²) in [4.78, 5) is 0. The molecule has 0 radical (unpaired) electrons. The lowest BCUT2D eigenvalue weighted by Gasteiger charge is -2.16. The number of alkyl halides is 3. The maximum atomic E-state index is 12.7. The fraction of sp³-hybridized carbons (Fsp3) is 0.273. The monoisotopic (exact) mass is 245 g/mol. The van der Waals surface area contributed by atoms with E-state index in [1.165, 1.54) is 0 Å². The minimum atomic E-state index is -4.43. The molecule has 0 aliphatic rings. The van der Waals surface area contributed by atoms with Gasteiger partial charge >= 0.3 is 6.18 Å². The Morgan fingerprint density at radius 2 is 2.00 bits per heavy atom. The van der Waals surface area contributed by atoms with Gasteiger partial charge in [0.1, 0.15) is 0 Å². The highest BCUT2D eigenvalue weighted by Crippen LogP contribution is 2.34. The quantitative estimate of drug-likeness (QED) is 0.713. The first-order valence-corrected chi connectivity index (χ1v) is 4.88. The molecule has 1 aromatic rings. The fourth-order valence-electron chi connectivity index (χ4n) is 1.43. The van der Waals surface area contributed by atoms with E-state index in [0.29, 0.717) is 5.70 Å². The van der Waals surface area contributed by atoms with E-state index in [0.717, 1.165) is 12.1 Å². The Bertz CT molecular complexity index is 438. The van der Waals surface area contributed by atoms with E-state index in [1.54, 1.807) is 7.05 Å². The summed E-state index contributed by atoms with van der Waals surface area (Å²) in [6.45, 7) is 3.55. The molecule has 1 aromatic carbocycles. The highest BCUT2D eigenvalue weighted by Gasteiger charge is 2.32. The fourth-order valence-corrected chi connectivity index (χ4v) is 1.43. The molecule has 0 aromatic heterocycles. The van der Waals surface area contributed by atoms with Crippen molar-refractivity contribution in [2.24, 2.45) is 5.73 Å². The number of hydrogen-bond acceptors (Lipinski definition) is 3. The van der Waals surface area contributed by atoms with Gasteiger partial charge in [-0.3, -0.25) is 0 Å². The molecule has 0 spiro atoms. The smallest absolute Gasteiger partial charge is 0.398 e. The van der Waals surface area contributed by atoms with Crippen LogP contribution in [0.5, 0.6) is 0 Å². The highest BCUT2D eigenvalue weighted by molar-refractivity contribution is 5.75. The number of halogens is 3. The topological polar surface area (TPSA) is 64.1 Å². The Hall–Kier alpha value is -1.69. The Kier molecular flexibility index (Phi) is 3.67. The van der Waals surface area contributed by atoms with Gasteiger partial charge < -0.3 is 16.8 Å². The third kappa shape index (κ3) is 2.71. The summed E-state index contributed by atoms with van der Waals surface area (Å²) in [6, 6.07) is 1.93. The molecular weight excluding hydrogens is 231 g/mol. The zero-order chi connectivity index (χ0) is 13.2. The molecule has 3 nitrogen and oxygen atoms in total. The number of nitrogens with two attached hydrogens (primary N) is 2. The second kappa shape index (κ2) is 4.67. The lowest BCUT2D eigenvalue weighted by molar-refractivity contribution is -0.137. The zero-order valence-electron chi connectivity index (χ0n) is 9.36. The largest absolute Gasteiger partial charge is 0.416 e. The van der Waals surface area contributed by atoms with Crippen LogP contribution >= 0.6 is 0 Å². The average Bonchev–Trinajstić information content (AvgIpc) is 2.26. The molecule has 0 fully saturated rings. The number of anilines is 1. The SMILES string of the molecule is C=C(NC)c1cc(C(F)(F)F)cc(CN)c1N. The van der Waals surface area contributed by atoms with E-state index >= 15 is 0 Å². The minimum Gasteiger partial charge on any atom is -0.398 e. The summed E-state index contributed by atoms with van der Waals surface area (Å²) >= 11 is 0. The molecule has 0 aliphatic heterocycles. The van der Waals surface area contributed by atoms with E-state index in [2.05, 4.69) is 11.9 Å². The summed E-state index contributed by atoms with van der Waals surface area (Å²) in [7, 11) is 1.56. The van der Waals surface area contributed by atoms with E-state index < -0.39 is 11.7 Å². The summed E-state index contributed by atoms with van der Waals surface area (Å²) in [6.07, 6.45) is -4.43. The molecule has 0 heterocycles. The molecule has 0 atom stereocenters. The van der Waals surface area contributed by atoms with Gasteiger partial charge in [0.2, 0.25) is 0 Å². The summed E-state index contributed by atoms with van der Waals surface area (Å²) in [5, 5.41) is 2.67. The first kappa shape index (κ1) is 13.4. The van der Waals surface area contributed by atoms with E-state index in [4.69, 9.17) is 11.5 Å². The van der Waals surface area contributed by atoms with Crippen LogP contribution in [0.15, 0.2) is 18.7 Å². The Labute approximate surface area is 97.3 Å². The van der Waals surface area contributed by atoms with Gasteiger partial charge in [0, 0.05) is 30.5 Å². The van der Waals surface area contributed by atoms with Crippen LogP contribution < -0.4 is 16.8 Å². The van der Waals surface area contributed by atoms with Crippen LogP contribution in [0.1, 0.15) is 16.7 Å². The normalized spacial score (nSPS) is 11.4. The lowest BCUT2D eigenvalue weighted by atomic mass is 10.0. The maximum Gasteiger partial charge on any atom is 0.416 e. The van der Waals surface area contributed by atoms with Crippen molar-refractivity contribution >= 4 is 11.4 Å². The molecule has 0 saturated carbocycles. The van der Waals surface area contributed by atoms with Gasteiger partial charge in [-0.2, -0.15) is 13.2 Å². The molecule has 1 rings (SSSR count). The number of benzene rings is 1. The van der Waals surface area contributed by atoms with Crippen LogP contribution in [0.3, 0.4) is 0 Å². The number of rotatable bonds is 3. The molecule has 0 bridgehead atoms. The highest BCUT2D eigenvalue weighted by atomic mass is 19.4. The van der Waals surface area contributed by atoms with Crippen molar-refractivity contribution in [3.05, 3.63) is 35.4 Å². The van der Waals surface area contributed by atoms with Crippen molar-refractivity contribution in [2.75, 3.05) is 12.8 Å². The summed E-state index contributed by atoms with van der Waals surface area (Å²) in [5.74, 6) is 0. The maximum absolute atomic E-state index is 12.7. The molecular formula is C11H14F3N3. The molecule has 0 aliphatic carbocycles.